The summed E-state index contributed by atoms with van der Waals surface area (Å²) in [4.78, 5) is 22.3. The number of carbonyl (C=O) groups excluding carboxylic acids is 1. The zero-order chi connectivity index (χ0) is 13.1. The molecular formula is C12H20N2O4. The van der Waals surface area contributed by atoms with Gasteiger partial charge in [-0.15, -0.1) is 0 Å². The number of carboxylic acid groups (broad SMARTS) is 1. The molecule has 4 N–H and O–H groups in total. The molecule has 1 saturated carbocycles. The van der Waals surface area contributed by atoms with Crippen molar-refractivity contribution in [3.05, 3.63) is 0 Å². The Labute approximate surface area is 106 Å². The molecule has 0 aromatic heterocycles. The maximum absolute atomic E-state index is 11.6. The molecule has 0 radical (unpaired) electrons. The van der Waals surface area contributed by atoms with Crippen LogP contribution in [0.3, 0.4) is 0 Å². The molecule has 18 heavy (non-hydrogen) atoms. The zero-order valence-corrected chi connectivity index (χ0v) is 10.3. The smallest absolute Gasteiger partial charge is 0.332 e. The van der Waals surface area contributed by atoms with Crippen molar-refractivity contribution < 1.29 is 19.4 Å². The van der Waals surface area contributed by atoms with Gasteiger partial charge in [0.15, 0.2) is 6.10 Å². The van der Waals surface area contributed by atoms with E-state index in [1.807, 2.05) is 0 Å². The van der Waals surface area contributed by atoms with Gasteiger partial charge in [-0.3, -0.25) is 4.79 Å². The van der Waals surface area contributed by atoms with Gasteiger partial charge in [-0.1, -0.05) is 0 Å². The highest BCUT2D eigenvalue weighted by molar-refractivity contribution is 5.76. The third-order valence-corrected chi connectivity index (χ3v) is 3.56. The largest absolute Gasteiger partial charge is 0.479 e. The number of rotatable bonds is 6. The van der Waals surface area contributed by atoms with Crippen LogP contribution in [0.1, 0.15) is 32.1 Å². The van der Waals surface area contributed by atoms with Gasteiger partial charge >= 0.3 is 5.97 Å². The van der Waals surface area contributed by atoms with Crippen LogP contribution in [0.25, 0.3) is 0 Å². The molecule has 3 unspecified atom stereocenters. The lowest BCUT2D eigenvalue weighted by Gasteiger charge is -2.14. The fraction of sp³-hybridized carbons (Fsp3) is 0.833. The Kier molecular flexibility index (Phi) is 4.19. The first-order valence-corrected chi connectivity index (χ1v) is 6.47. The molecule has 0 aromatic carbocycles. The molecule has 2 aliphatic rings. The molecule has 3 atom stereocenters. The SMILES string of the molecule is NC(CC(=O)NCC1CCC(C(=O)O)O1)C1CC1. The van der Waals surface area contributed by atoms with E-state index in [9.17, 15) is 9.59 Å². The molecule has 0 aromatic rings. The molecule has 1 heterocycles. The monoisotopic (exact) mass is 256 g/mol. The number of ether oxygens (including phenoxy) is 1. The number of hydrogen-bond acceptors (Lipinski definition) is 4. The molecule has 2 fully saturated rings. The fourth-order valence-electron chi connectivity index (χ4n) is 2.24. The lowest BCUT2D eigenvalue weighted by atomic mass is 10.1. The molecule has 6 heteroatoms. The van der Waals surface area contributed by atoms with Crippen LogP contribution < -0.4 is 11.1 Å². The Bertz CT molecular complexity index is 330. The van der Waals surface area contributed by atoms with Gasteiger partial charge in [0.25, 0.3) is 0 Å². The van der Waals surface area contributed by atoms with Crippen molar-refractivity contribution >= 4 is 11.9 Å². The van der Waals surface area contributed by atoms with Gasteiger partial charge in [0.2, 0.25) is 5.91 Å². The highest BCUT2D eigenvalue weighted by Crippen LogP contribution is 2.32. The van der Waals surface area contributed by atoms with E-state index in [0.29, 0.717) is 31.7 Å². The number of carbonyl (C=O) groups is 2. The van der Waals surface area contributed by atoms with Gasteiger partial charge in [0, 0.05) is 19.0 Å². The van der Waals surface area contributed by atoms with E-state index in [1.165, 1.54) is 0 Å². The first-order chi connectivity index (χ1) is 8.56. The summed E-state index contributed by atoms with van der Waals surface area (Å²) < 4.78 is 5.29. The Morgan fingerprint density at radius 2 is 2.06 bits per heavy atom. The van der Waals surface area contributed by atoms with E-state index in [4.69, 9.17) is 15.6 Å². The van der Waals surface area contributed by atoms with Crippen LogP contribution in [0.4, 0.5) is 0 Å². The summed E-state index contributed by atoms with van der Waals surface area (Å²) in [7, 11) is 0. The Hall–Kier alpha value is -1.14. The van der Waals surface area contributed by atoms with Crippen molar-refractivity contribution in [2.75, 3.05) is 6.54 Å². The maximum Gasteiger partial charge on any atom is 0.332 e. The first-order valence-electron chi connectivity index (χ1n) is 6.47. The topological polar surface area (TPSA) is 102 Å². The summed E-state index contributed by atoms with van der Waals surface area (Å²) in [6.45, 7) is 0.375. The Morgan fingerprint density at radius 3 is 2.61 bits per heavy atom. The molecule has 0 bridgehead atoms. The molecule has 2 rings (SSSR count). The predicted molar refractivity (Wildman–Crippen MR) is 63.9 cm³/mol. The molecule has 1 aliphatic carbocycles. The second-order valence-corrected chi connectivity index (χ2v) is 5.17. The third kappa shape index (κ3) is 3.68. The zero-order valence-electron chi connectivity index (χ0n) is 10.3. The quantitative estimate of drug-likeness (QED) is 0.614. The van der Waals surface area contributed by atoms with E-state index in [0.717, 1.165) is 12.8 Å². The Morgan fingerprint density at radius 1 is 1.33 bits per heavy atom. The predicted octanol–water partition coefficient (Wildman–Crippen LogP) is -0.138. The molecule has 6 nitrogen and oxygen atoms in total. The average molecular weight is 256 g/mol. The number of aliphatic carboxylic acids is 1. The van der Waals surface area contributed by atoms with Crippen LogP contribution in [0, 0.1) is 5.92 Å². The second kappa shape index (κ2) is 5.67. The summed E-state index contributed by atoms with van der Waals surface area (Å²) in [5, 5.41) is 11.5. The average Bonchev–Trinajstić information content (AvgIpc) is 3.05. The molecule has 0 spiro atoms. The Balaban J connectivity index is 1.62. The van der Waals surface area contributed by atoms with Crippen molar-refractivity contribution in [3.8, 4) is 0 Å². The highest BCUT2D eigenvalue weighted by Gasteiger charge is 2.32. The number of carboxylic acids is 1. The first kappa shape index (κ1) is 13.3. The molecule has 1 saturated heterocycles. The van der Waals surface area contributed by atoms with Gasteiger partial charge in [0.1, 0.15) is 0 Å². The van der Waals surface area contributed by atoms with Crippen molar-refractivity contribution in [2.24, 2.45) is 11.7 Å². The van der Waals surface area contributed by atoms with Crippen molar-refractivity contribution in [3.63, 3.8) is 0 Å². The number of amides is 1. The highest BCUT2D eigenvalue weighted by atomic mass is 16.5. The lowest BCUT2D eigenvalue weighted by molar-refractivity contribution is -0.149. The summed E-state index contributed by atoms with van der Waals surface area (Å²) in [6, 6.07) is -0.0405. The number of hydrogen-bond donors (Lipinski definition) is 3. The van der Waals surface area contributed by atoms with Crippen LogP contribution in [-0.4, -0.2) is 41.8 Å². The third-order valence-electron chi connectivity index (χ3n) is 3.56. The second-order valence-electron chi connectivity index (χ2n) is 5.17. The minimum Gasteiger partial charge on any atom is -0.479 e. The van der Waals surface area contributed by atoms with E-state index in [2.05, 4.69) is 5.32 Å². The molecule has 1 amide bonds. The number of nitrogens with one attached hydrogen (secondary N) is 1. The van der Waals surface area contributed by atoms with Gasteiger partial charge in [0.05, 0.1) is 6.10 Å². The van der Waals surface area contributed by atoms with Gasteiger partial charge in [-0.25, -0.2) is 4.79 Å². The van der Waals surface area contributed by atoms with Crippen LogP contribution in [-0.2, 0) is 14.3 Å². The maximum atomic E-state index is 11.6. The summed E-state index contributed by atoms with van der Waals surface area (Å²) in [5.74, 6) is -0.494. The van der Waals surface area contributed by atoms with E-state index in [-0.39, 0.29) is 18.1 Å². The summed E-state index contributed by atoms with van der Waals surface area (Å²) >= 11 is 0. The van der Waals surface area contributed by atoms with Crippen molar-refractivity contribution in [2.45, 2.75) is 50.4 Å². The van der Waals surface area contributed by atoms with E-state index < -0.39 is 12.1 Å². The van der Waals surface area contributed by atoms with Gasteiger partial charge in [-0.05, 0) is 31.6 Å². The minimum atomic E-state index is -0.931. The minimum absolute atomic E-state index is 0.0405. The van der Waals surface area contributed by atoms with Crippen LogP contribution in [0.15, 0.2) is 0 Å². The lowest BCUT2D eigenvalue weighted by Crippen LogP contribution is -2.37. The molecule has 1 aliphatic heterocycles. The van der Waals surface area contributed by atoms with Gasteiger partial charge in [-0.2, -0.15) is 0 Å². The van der Waals surface area contributed by atoms with Crippen molar-refractivity contribution in [1.29, 1.82) is 0 Å². The molecule has 102 valence electrons. The van der Waals surface area contributed by atoms with Crippen LogP contribution in [0.2, 0.25) is 0 Å². The summed E-state index contributed by atoms with van der Waals surface area (Å²) in [6.07, 6.45) is 2.87. The van der Waals surface area contributed by atoms with Crippen LogP contribution in [0.5, 0.6) is 0 Å². The van der Waals surface area contributed by atoms with Gasteiger partial charge < -0.3 is 20.9 Å². The fourth-order valence-corrected chi connectivity index (χ4v) is 2.24. The van der Waals surface area contributed by atoms with E-state index >= 15 is 0 Å². The summed E-state index contributed by atoms with van der Waals surface area (Å²) in [5.41, 5.74) is 5.86. The number of nitrogens with two attached hydrogens (primary N) is 1. The molecular weight excluding hydrogens is 236 g/mol. The normalized spacial score (nSPS) is 28.9. The standard InChI is InChI=1S/C12H20N2O4/c13-9(7-1-2-7)5-11(15)14-6-8-3-4-10(18-8)12(16)17/h7-10H,1-6,13H2,(H,14,15)(H,16,17). The van der Waals surface area contributed by atoms with E-state index in [1.54, 1.807) is 0 Å². The van der Waals surface area contributed by atoms with Crippen molar-refractivity contribution in [1.82, 2.24) is 5.32 Å². The van der Waals surface area contributed by atoms with Crippen LogP contribution >= 0.6 is 0 Å².